The molecule has 122 valence electrons. The summed E-state index contributed by atoms with van der Waals surface area (Å²) in [6.45, 7) is 6.52. The molecule has 0 amide bonds. The molecule has 23 heavy (non-hydrogen) atoms. The second-order valence-corrected chi connectivity index (χ2v) is 7.42. The second kappa shape index (κ2) is 8.46. The Morgan fingerprint density at radius 2 is 1.83 bits per heavy atom. The van der Waals surface area contributed by atoms with Gasteiger partial charge in [-0.3, -0.25) is 0 Å². The zero-order chi connectivity index (χ0) is 16.8. The minimum absolute atomic E-state index is 0.216. The maximum absolute atomic E-state index is 5.51. The lowest BCUT2D eigenvalue weighted by Gasteiger charge is -2.23. The van der Waals surface area contributed by atoms with E-state index >= 15 is 0 Å². The lowest BCUT2D eigenvalue weighted by Crippen LogP contribution is -2.33. The standard InChI is InChI=1S/C19H23BrN2S/c1-13(2)11-18(15-7-5-4-6-8-15)22-19(23)21-16-9-10-17(20)14(3)12-16/h4-10,12-13,18H,11H2,1-3H3,(H2,21,22,23). The third-order valence-electron chi connectivity index (χ3n) is 3.63. The topological polar surface area (TPSA) is 24.1 Å². The first-order valence-corrected chi connectivity index (χ1v) is 9.04. The van der Waals surface area contributed by atoms with Gasteiger partial charge in [-0.2, -0.15) is 0 Å². The molecule has 0 saturated carbocycles. The van der Waals surface area contributed by atoms with Crippen molar-refractivity contribution in [3.05, 3.63) is 64.1 Å². The van der Waals surface area contributed by atoms with Gasteiger partial charge in [0.15, 0.2) is 5.11 Å². The Balaban J connectivity index is 2.06. The summed E-state index contributed by atoms with van der Waals surface area (Å²) >= 11 is 9.02. The highest BCUT2D eigenvalue weighted by Crippen LogP contribution is 2.22. The van der Waals surface area contributed by atoms with Crippen LogP contribution in [0.1, 0.15) is 37.4 Å². The first kappa shape index (κ1) is 18.0. The van der Waals surface area contributed by atoms with Gasteiger partial charge in [0, 0.05) is 10.2 Å². The highest BCUT2D eigenvalue weighted by molar-refractivity contribution is 9.10. The Labute approximate surface area is 152 Å². The molecular formula is C19H23BrN2S. The van der Waals surface area contributed by atoms with Crippen molar-refractivity contribution >= 4 is 38.9 Å². The Hall–Kier alpha value is -1.39. The molecule has 0 aliphatic carbocycles. The number of rotatable bonds is 5. The molecule has 0 saturated heterocycles. The normalized spacial score (nSPS) is 12.0. The molecule has 0 aromatic heterocycles. The quantitative estimate of drug-likeness (QED) is 0.627. The SMILES string of the molecule is Cc1cc(NC(=S)NC(CC(C)C)c2ccccc2)ccc1Br. The van der Waals surface area contributed by atoms with Gasteiger partial charge < -0.3 is 10.6 Å². The van der Waals surface area contributed by atoms with Gasteiger partial charge in [0.05, 0.1) is 6.04 Å². The number of benzene rings is 2. The molecule has 0 radical (unpaired) electrons. The summed E-state index contributed by atoms with van der Waals surface area (Å²) in [5.41, 5.74) is 3.44. The summed E-state index contributed by atoms with van der Waals surface area (Å²) in [6, 6.07) is 16.8. The van der Waals surface area contributed by atoms with Crippen molar-refractivity contribution in [3.8, 4) is 0 Å². The van der Waals surface area contributed by atoms with Gasteiger partial charge in [-0.05, 0) is 60.8 Å². The van der Waals surface area contributed by atoms with Crippen molar-refractivity contribution in [2.45, 2.75) is 33.2 Å². The van der Waals surface area contributed by atoms with Crippen LogP contribution in [0.15, 0.2) is 53.0 Å². The van der Waals surface area contributed by atoms with Crippen LogP contribution in [0.3, 0.4) is 0 Å². The van der Waals surface area contributed by atoms with E-state index in [1.165, 1.54) is 11.1 Å². The van der Waals surface area contributed by atoms with E-state index in [9.17, 15) is 0 Å². The molecule has 2 aromatic rings. The zero-order valence-corrected chi connectivity index (χ0v) is 16.2. The predicted molar refractivity (Wildman–Crippen MR) is 107 cm³/mol. The maximum Gasteiger partial charge on any atom is 0.171 e. The van der Waals surface area contributed by atoms with Gasteiger partial charge in [0.1, 0.15) is 0 Å². The van der Waals surface area contributed by atoms with Crippen LogP contribution in [0.25, 0.3) is 0 Å². The Morgan fingerprint density at radius 1 is 1.13 bits per heavy atom. The molecule has 0 heterocycles. The first-order valence-electron chi connectivity index (χ1n) is 7.84. The van der Waals surface area contributed by atoms with E-state index in [1.54, 1.807) is 0 Å². The van der Waals surface area contributed by atoms with E-state index in [4.69, 9.17) is 12.2 Å². The fourth-order valence-corrected chi connectivity index (χ4v) is 2.99. The van der Waals surface area contributed by atoms with Crippen LogP contribution >= 0.6 is 28.1 Å². The molecule has 1 atom stereocenters. The Morgan fingerprint density at radius 3 is 2.43 bits per heavy atom. The number of thiocarbonyl (C=S) groups is 1. The van der Waals surface area contributed by atoms with Gasteiger partial charge in [-0.25, -0.2) is 0 Å². The van der Waals surface area contributed by atoms with Crippen molar-refractivity contribution in [2.75, 3.05) is 5.32 Å². The van der Waals surface area contributed by atoms with Crippen LogP contribution < -0.4 is 10.6 Å². The fourth-order valence-electron chi connectivity index (χ4n) is 2.48. The molecule has 2 aromatic carbocycles. The van der Waals surface area contributed by atoms with Gasteiger partial charge >= 0.3 is 0 Å². The molecule has 0 aliphatic heterocycles. The van der Waals surface area contributed by atoms with E-state index < -0.39 is 0 Å². The maximum atomic E-state index is 5.51. The van der Waals surface area contributed by atoms with E-state index in [0.717, 1.165) is 16.6 Å². The summed E-state index contributed by atoms with van der Waals surface area (Å²) in [6.07, 6.45) is 1.03. The van der Waals surface area contributed by atoms with Crippen LogP contribution in [-0.2, 0) is 0 Å². The number of halogens is 1. The summed E-state index contributed by atoms with van der Waals surface area (Å²) < 4.78 is 1.10. The van der Waals surface area contributed by atoms with Crippen LogP contribution in [0.4, 0.5) is 5.69 Å². The van der Waals surface area contributed by atoms with Crippen molar-refractivity contribution < 1.29 is 0 Å². The molecule has 2 rings (SSSR count). The summed E-state index contributed by atoms with van der Waals surface area (Å²) in [5, 5.41) is 7.39. The van der Waals surface area contributed by atoms with Gasteiger partial charge in [-0.1, -0.05) is 60.1 Å². The summed E-state index contributed by atoms with van der Waals surface area (Å²) in [5.74, 6) is 0.588. The van der Waals surface area contributed by atoms with E-state index in [2.05, 4.69) is 77.7 Å². The monoisotopic (exact) mass is 390 g/mol. The van der Waals surface area contributed by atoms with Gasteiger partial charge in [0.25, 0.3) is 0 Å². The minimum atomic E-state index is 0.216. The molecule has 1 unspecified atom stereocenters. The lowest BCUT2D eigenvalue weighted by molar-refractivity contribution is 0.481. The smallest absolute Gasteiger partial charge is 0.171 e. The van der Waals surface area contributed by atoms with E-state index in [-0.39, 0.29) is 6.04 Å². The minimum Gasteiger partial charge on any atom is -0.356 e. The predicted octanol–water partition coefficient (Wildman–Crippen LogP) is 5.83. The van der Waals surface area contributed by atoms with Crippen molar-refractivity contribution in [1.82, 2.24) is 5.32 Å². The second-order valence-electron chi connectivity index (χ2n) is 6.16. The zero-order valence-electron chi connectivity index (χ0n) is 13.8. The van der Waals surface area contributed by atoms with Gasteiger partial charge in [-0.15, -0.1) is 0 Å². The third kappa shape index (κ3) is 5.63. The number of anilines is 1. The van der Waals surface area contributed by atoms with Crippen molar-refractivity contribution in [3.63, 3.8) is 0 Å². The van der Waals surface area contributed by atoms with Crippen molar-refractivity contribution in [1.29, 1.82) is 0 Å². The van der Waals surface area contributed by atoms with Crippen LogP contribution in [0.2, 0.25) is 0 Å². The van der Waals surface area contributed by atoms with Gasteiger partial charge in [0.2, 0.25) is 0 Å². The molecule has 0 bridgehead atoms. The molecule has 4 heteroatoms. The first-order chi connectivity index (χ1) is 11.0. The molecule has 0 fully saturated rings. The number of hydrogen-bond donors (Lipinski definition) is 2. The Kier molecular flexibility index (Phi) is 6.60. The largest absolute Gasteiger partial charge is 0.356 e. The lowest BCUT2D eigenvalue weighted by atomic mass is 9.97. The van der Waals surface area contributed by atoms with Crippen LogP contribution in [0, 0.1) is 12.8 Å². The fraction of sp³-hybridized carbons (Fsp3) is 0.316. The molecule has 2 N–H and O–H groups in total. The van der Waals surface area contributed by atoms with E-state index in [0.29, 0.717) is 11.0 Å². The highest BCUT2D eigenvalue weighted by atomic mass is 79.9. The van der Waals surface area contributed by atoms with Crippen molar-refractivity contribution in [2.24, 2.45) is 5.92 Å². The van der Waals surface area contributed by atoms with Crippen LogP contribution in [-0.4, -0.2) is 5.11 Å². The summed E-state index contributed by atoms with van der Waals surface area (Å²) in [7, 11) is 0. The molecule has 0 aliphatic rings. The van der Waals surface area contributed by atoms with E-state index in [1.807, 2.05) is 18.2 Å². The van der Waals surface area contributed by atoms with Crippen LogP contribution in [0.5, 0.6) is 0 Å². The molecule has 0 spiro atoms. The number of aryl methyl sites for hydroxylation is 1. The molecule has 2 nitrogen and oxygen atoms in total. The average molecular weight is 391 g/mol. The third-order valence-corrected chi connectivity index (χ3v) is 4.74. The average Bonchev–Trinajstić information content (AvgIpc) is 2.51. The summed E-state index contributed by atoms with van der Waals surface area (Å²) in [4.78, 5) is 0. The number of hydrogen-bond acceptors (Lipinski definition) is 1. The Bertz CT molecular complexity index is 656. The highest BCUT2D eigenvalue weighted by Gasteiger charge is 2.14. The molecular weight excluding hydrogens is 368 g/mol. The number of nitrogens with one attached hydrogen (secondary N) is 2.